The van der Waals surface area contributed by atoms with Gasteiger partial charge in [0.1, 0.15) is 29.5 Å². The molecule has 136 valence electrons. The second kappa shape index (κ2) is 8.80. The molecule has 0 radical (unpaired) electrons. The lowest BCUT2D eigenvalue weighted by atomic mass is 10.1. The molecule has 2 N–H and O–H groups in total. The summed E-state index contributed by atoms with van der Waals surface area (Å²) in [5.74, 6) is 1.42. The maximum atomic E-state index is 10.1. The minimum atomic E-state index is -0.634. The number of aliphatic hydroxyl groups excluding tert-OH is 1. The molecule has 6 nitrogen and oxygen atoms in total. The number of rotatable bonds is 8. The van der Waals surface area contributed by atoms with Crippen LogP contribution < -0.4 is 10.1 Å². The van der Waals surface area contributed by atoms with Crippen molar-refractivity contribution in [2.24, 2.45) is 0 Å². The van der Waals surface area contributed by atoms with Crippen molar-refractivity contribution in [2.75, 3.05) is 19.7 Å². The van der Waals surface area contributed by atoms with Crippen LogP contribution in [0.5, 0.6) is 5.75 Å². The molecule has 1 atom stereocenters. The molecule has 2 heterocycles. The Balaban J connectivity index is 1.39. The second-order valence-corrected chi connectivity index (χ2v) is 6.15. The van der Waals surface area contributed by atoms with E-state index >= 15 is 0 Å². The Morgan fingerprint density at radius 3 is 2.69 bits per heavy atom. The predicted octanol–water partition coefficient (Wildman–Crippen LogP) is 3.40. The standard InChI is InChI=1S/C19H20ClN3O3/c1-13-23-17(12-26-13)14-2-5-16(6-3-14)25-9-8-21-11-18(24)15-4-7-19(20)22-10-15/h2-7,10,12,18,21,24H,8-9,11H2,1H3/t18-/m0/s1. The molecule has 3 rings (SSSR count). The summed E-state index contributed by atoms with van der Waals surface area (Å²) in [6.07, 6.45) is 2.57. The third-order valence-corrected chi connectivity index (χ3v) is 4.01. The Morgan fingerprint density at radius 1 is 1.23 bits per heavy atom. The van der Waals surface area contributed by atoms with Crippen molar-refractivity contribution in [3.05, 3.63) is 65.5 Å². The van der Waals surface area contributed by atoms with E-state index in [2.05, 4.69) is 15.3 Å². The van der Waals surface area contributed by atoms with Crippen LogP contribution in [0.3, 0.4) is 0 Å². The van der Waals surface area contributed by atoms with Gasteiger partial charge in [-0.25, -0.2) is 9.97 Å². The Morgan fingerprint density at radius 2 is 2.04 bits per heavy atom. The highest BCUT2D eigenvalue weighted by atomic mass is 35.5. The van der Waals surface area contributed by atoms with Gasteiger partial charge in [0.15, 0.2) is 5.89 Å². The number of hydrogen-bond acceptors (Lipinski definition) is 6. The summed E-state index contributed by atoms with van der Waals surface area (Å²) in [6.45, 7) is 3.34. The van der Waals surface area contributed by atoms with Crippen molar-refractivity contribution in [1.29, 1.82) is 0 Å². The predicted molar refractivity (Wildman–Crippen MR) is 99.2 cm³/mol. The zero-order chi connectivity index (χ0) is 18.4. The fourth-order valence-electron chi connectivity index (χ4n) is 2.40. The SMILES string of the molecule is Cc1nc(-c2ccc(OCCNC[C@H](O)c3ccc(Cl)nc3)cc2)co1. The Bertz CT molecular complexity index is 819. The van der Waals surface area contributed by atoms with E-state index in [1.165, 1.54) is 0 Å². The minimum absolute atomic E-state index is 0.409. The summed E-state index contributed by atoms with van der Waals surface area (Å²) in [4.78, 5) is 8.25. The number of oxazole rings is 1. The molecule has 0 fully saturated rings. The van der Waals surface area contributed by atoms with Crippen molar-refractivity contribution < 1.29 is 14.3 Å². The molecular formula is C19H20ClN3O3. The van der Waals surface area contributed by atoms with Crippen LogP contribution in [0.15, 0.2) is 53.3 Å². The molecule has 0 amide bonds. The van der Waals surface area contributed by atoms with Crippen molar-refractivity contribution in [3.8, 4) is 17.0 Å². The van der Waals surface area contributed by atoms with Gasteiger partial charge in [-0.1, -0.05) is 17.7 Å². The summed E-state index contributed by atoms with van der Waals surface area (Å²) < 4.78 is 10.9. The number of benzene rings is 1. The van der Waals surface area contributed by atoms with Crippen molar-refractivity contribution >= 4 is 11.6 Å². The fraction of sp³-hybridized carbons (Fsp3) is 0.263. The number of nitrogens with zero attached hydrogens (tertiary/aromatic N) is 2. The number of aliphatic hydroxyl groups is 1. The maximum absolute atomic E-state index is 10.1. The number of aryl methyl sites for hydroxylation is 1. The smallest absolute Gasteiger partial charge is 0.191 e. The number of halogens is 1. The highest BCUT2D eigenvalue weighted by Gasteiger charge is 2.07. The zero-order valence-electron chi connectivity index (χ0n) is 14.4. The molecule has 0 saturated heterocycles. The fourth-order valence-corrected chi connectivity index (χ4v) is 2.51. The van der Waals surface area contributed by atoms with E-state index in [0.29, 0.717) is 30.7 Å². The third-order valence-electron chi connectivity index (χ3n) is 3.79. The number of ether oxygens (including phenoxy) is 1. The molecule has 0 aliphatic carbocycles. The Kier molecular flexibility index (Phi) is 6.22. The third kappa shape index (κ3) is 5.05. The minimum Gasteiger partial charge on any atom is -0.492 e. The van der Waals surface area contributed by atoms with Crippen molar-refractivity contribution in [2.45, 2.75) is 13.0 Å². The average Bonchev–Trinajstić information content (AvgIpc) is 3.09. The normalized spacial score (nSPS) is 12.1. The first-order valence-corrected chi connectivity index (χ1v) is 8.65. The van der Waals surface area contributed by atoms with E-state index in [9.17, 15) is 5.11 Å². The van der Waals surface area contributed by atoms with E-state index < -0.39 is 6.10 Å². The van der Waals surface area contributed by atoms with Gasteiger partial charge in [0.2, 0.25) is 0 Å². The van der Waals surface area contributed by atoms with Gasteiger partial charge in [-0.05, 0) is 30.3 Å². The first kappa shape index (κ1) is 18.4. The molecule has 0 aliphatic heterocycles. The lowest BCUT2D eigenvalue weighted by Crippen LogP contribution is -2.26. The Labute approximate surface area is 156 Å². The average molecular weight is 374 g/mol. The first-order chi connectivity index (χ1) is 12.6. The summed E-state index contributed by atoms with van der Waals surface area (Å²) >= 11 is 5.73. The highest BCUT2D eigenvalue weighted by molar-refractivity contribution is 6.29. The molecule has 3 aromatic rings. The zero-order valence-corrected chi connectivity index (χ0v) is 15.1. The molecule has 0 aliphatic rings. The topological polar surface area (TPSA) is 80.4 Å². The molecule has 7 heteroatoms. The van der Waals surface area contributed by atoms with Crippen LogP contribution >= 0.6 is 11.6 Å². The molecule has 0 saturated carbocycles. The molecule has 26 heavy (non-hydrogen) atoms. The van der Waals surface area contributed by atoms with E-state index in [0.717, 1.165) is 22.6 Å². The number of aromatic nitrogens is 2. The van der Waals surface area contributed by atoms with Crippen molar-refractivity contribution in [3.63, 3.8) is 0 Å². The van der Waals surface area contributed by atoms with Gasteiger partial charge in [-0.3, -0.25) is 0 Å². The largest absolute Gasteiger partial charge is 0.492 e. The maximum Gasteiger partial charge on any atom is 0.191 e. The van der Waals surface area contributed by atoms with Gasteiger partial charge >= 0.3 is 0 Å². The molecule has 2 aromatic heterocycles. The quantitative estimate of drug-likeness (QED) is 0.465. The second-order valence-electron chi connectivity index (χ2n) is 5.76. The molecule has 0 unspecified atom stereocenters. The van der Waals surface area contributed by atoms with Crippen molar-refractivity contribution in [1.82, 2.24) is 15.3 Å². The van der Waals surface area contributed by atoms with Gasteiger partial charge < -0.3 is 19.6 Å². The van der Waals surface area contributed by atoms with Crippen LogP contribution in [0, 0.1) is 6.92 Å². The van der Waals surface area contributed by atoms with Gasteiger partial charge in [-0.15, -0.1) is 0 Å². The number of pyridine rings is 1. The first-order valence-electron chi connectivity index (χ1n) is 8.27. The van der Waals surface area contributed by atoms with E-state index in [1.54, 1.807) is 24.6 Å². The molecule has 0 spiro atoms. The van der Waals surface area contributed by atoms with Crippen LogP contribution in [-0.4, -0.2) is 34.8 Å². The molecule has 0 bridgehead atoms. The van der Waals surface area contributed by atoms with Crippen LogP contribution in [0.1, 0.15) is 17.6 Å². The summed E-state index contributed by atoms with van der Waals surface area (Å²) in [5.41, 5.74) is 2.51. The lowest BCUT2D eigenvalue weighted by molar-refractivity contribution is 0.171. The summed E-state index contributed by atoms with van der Waals surface area (Å²) in [6, 6.07) is 11.1. The highest BCUT2D eigenvalue weighted by Crippen LogP contribution is 2.21. The number of hydrogen-bond donors (Lipinski definition) is 2. The van der Waals surface area contributed by atoms with E-state index in [4.69, 9.17) is 20.8 Å². The van der Waals surface area contributed by atoms with Crippen LogP contribution in [0.25, 0.3) is 11.3 Å². The lowest BCUT2D eigenvalue weighted by Gasteiger charge is -2.12. The monoisotopic (exact) mass is 373 g/mol. The van der Waals surface area contributed by atoms with Crippen LogP contribution in [-0.2, 0) is 0 Å². The van der Waals surface area contributed by atoms with Crippen LogP contribution in [0.4, 0.5) is 0 Å². The van der Waals surface area contributed by atoms with E-state index in [-0.39, 0.29) is 0 Å². The van der Waals surface area contributed by atoms with Gasteiger partial charge in [0.05, 0.1) is 6.10 Å². The number of nitrogens with one attached hydrogen (secondary N) is 1. The van der Waals surface area contributed by atoms with Gasteiger partial charge in [-0.2, -0.15) is 0 Å². The van der Waals surface area contributed by atoms with Crippen LogP contribution in [0.2, 0.25) is 5.15 Å². The molecule has 1 aromatic carbocycles. The summed E-state index contributed by atoms with van der Waals surface area (Å²) in [7, 11) is 0. The van der Waals surface area contributed by atoms with Gasteiger partial charge in [0, 0.05) is 37.3 Å². The summed E-state index contributed by atoms with van der Waals surface area (Å²) in [5, 5.41) is 13.6. The molecular weight excluding hydrogens is 354 g/mol. The van der Waals surface area contributed by atoms with E-state index in [1.807, 2.05) is 31.2 Å². The Hall–Kier alpha value is -2.41. The van der Waals surface area contributed by atoms with Gasteiger partial charge in [0.25, 0.3) is 0 Å².